The van der Waals surface area contributed by atoms with Gasteiger partial charge in [0, 0.05) is 0 Å². The minimum absolute atomic E-state index is 0.562. The minimum Gasteiger partial charge on any atom is -0.387 e. The Kier molecular flexibility index (Phi) is 8.56. The van der Waals surface area contributed by atoms with E-state index in [1.54, 1.807) is 17.8 Å². The van der Waals surface area contributed by atoms with Crippen LogP contribution in [0.3, 0.4) is 0 Å². The van der Waals surface area contributed by atoms with Crippen LogP contribution in [0.2, 0.25) is 0 Å². The molecule has 0 amide bonds. The predicted octanol–water partition coefficient (Wildman–Crippen LogP) is 4.75. The minimum atomic E-state index is -0.562. The van der Waals surface area contributed by atoms with Crippen LogP contribution in [-0.2, 0) is 6.54 Å². The van der Waals surface area contributed by atoms with Crippen molar-refractivity contribution in [2.75, 3.05) is 0 Å². The molecule has 1 unspecified atom stereocenters. The molecule has 0 saturated carbocycles. The van der Waals surface area contributed by atoms with E-state index >= 15 is 0 Å². The smallest absolute Gasteiger partial charge is 0.111 e. The third-order valence-electron chi connectivity index (χ3n) is 3.73. The molecule has 0 saturated heterocycles. The third-order valence-corrected chi connectivity index (χ3v) is 3.73. The van der Waals surface area contributed by atoms with Crippen LogP contribution < -0.4 is 0 Å². The molecule has 1 atom stereocenters. The highest BCUT2D eigenvalue weighted by molar-refractivity contribution is 5.05. The molecular formula is C19H31N3O. The Balaban J connectivity index is 2.34. The van der Waals surface area contributed by atoms with Crippen LogP contribution in [0.4, 0.5) is 0 Å². The first-order valence-corrected chi connectivity index (χ1v) is 8.41. The average molecular weight is 317 g/mol. The number of allylic oxidation sites excluding steroid dienone is 6. The molecule has 1 aromatic heterocycles. The first-order valence-electron chi connectivity index (χ1n) is 8.41. The number of rotatable bonds is 9. The summed E-state index contributed by atoms with van der Waals surface area (Å²) < 4.78 is 1.76. The fourth-order valence-corrected chi connectivity index (χ4v) is 2.18. The Bertz CT molecular complexity index is 561. The molecule has 128 valence electrons. The second-order valence-electron chi connectivity index (χ2n) is 6.50. The molecule has 0 fully saturated rings. The average Bonchev–Trinajstić information content (AvgIpc) is 2.94. The second-order valence-corrected chi connectivity index (χ2v) is 6.50. The summed E-state index contributed by atoms with van der Waals surface area (Å²) >= 11 is 0. The maximum absolute atomic E-state index is 9.43. The molecule has 0 aliphatic carbocycles. The van der Waals surface area contributed by atoms with Crippen LogP contribution in [-0.4, -0.2) is 20.1 Å². The van der Waals surface area contributed by atoms with E-state index in [0.717, 1.165) is 25.7 Å². The van der Waals surface area contributed by atoms with Crippen molar-refractivity contribution in [3.05, 3.63) is 46.8 Å². The summed E-state index contributed by atoms with van der Waals surface area (Å²) in [6.07, 6.45) is 12.5. The lowest BCUT2D eigenvalue weighted by atomic mass is 10.1. The molecule has 4 nitrogen and oxygen atoms in total. The summed E-state index contributed by atoms with van der Waals surface area (Å²) in [5.74, 6) is 0. The molecule has 0 aliphatic heterocycles. The van der Waals surface area contributed by atoms with Gasteiger partial charge in [0.25, 0.3) is 0 Å². The fourth-order valence-electron chi connectivity index (χ4n) is 2.18. The van der Waals surface area contributed by atoms with Gasteiger partial charge in [0.1, 0.15) is 5.69 Å². The molecule has 1 aromatic rings. The fraction of sp³-hybridized carbons (Fsp3) is 0.579. The van der Waals surface area contributed by atoms with Crippen molar-refractivity contribution >= 4 is 0 Å². The van der Waals surface area contributed by atoms with Gasteiger partial charge in [0.15, 0.2) is 0 Å². The van der Waals surface area contributed by atoms with Crippen molar-refractivity contribution in [3.63, 3.8) is 0 Å². The summed E-state index contributed by atoms with van der Waals surface area (Å²) in [4.78, 5) is 0. The largest absolute Gasteiger partial charge is 0.387 e. The maximum atomic E-state index is 9.43. The van der Waals surface area contributed by atoms with Crippen LogP contribution in [0.15, 0.2) is 41.1 Å². The number of nitrogens with zero attached hydrogens (tertiary/aromatic N) is 3. The molecule has 0 radical (unpaired) electrons. The summed E-state index contributed by atoms with van der Waals surface area (Å²) in [5, 5.41) is 17.4. The Morgan fingerprint density at radius 2 is 1.70 bits per heavy atom. The number of aliphatic hydroxyl groups excluding tert-OH is 1. The number of aromatic nitrogens is 3. The van der Waals surface area contributed by atoms with Crippen LogP contribution in [0.1, 0.15) is 72.1 Å². The predicted molar refractivity (Wildman–Crippen MR) is 96.1 cm³/mol. The molecule has 0 aliphatic rings. The molecule has 0 aromatic carbocycles. The zero-order valence-electron chi connectivity index (χ0n) is 15.2. The SMILES string of the molecule is CC(C)=CCC/C(C)=C/CC/C(C)=C\Cn1cc(C(C)O)nn1. The van der Waals surface area contributed by atoms with Gasteiger partial charge in [-0.25, -0.2) is 4.68 Å². The normalized spacial score (nSPS) is 14.0. The van der Waals surface area contributed by atoms with Crippen molar-refractivity contribution in [3.8, 4) is 0 Å². The van der Waals surface area contributed by atoms with Gasteiger partial charge in [-0.05, 0) is 60.3 Å². The number of aliphatic hydroxyl groups is 1. The van der Waals surface area contributed by atoms with Crippen LogP contribution in [0.5, 0.6) is 0 Å². The van der Waals surface area contributed by atoms with Crippen molar-refractivity contribution in [1.29, 1.82) is 0 Å². The molecule has 1 N–H and O–H groups in total. The Morgan fingerprint density at radius 1 is 1.09 bits per heavy atom. The van der Waals surface area contributed by atoms with Crippen molar-refractivity contribution in [1.82, 2.24) is 15.0 Å². The second kappa shape index (κ2) is 10.2. The molecule has 23 heavy (non-hydrogen) atoms. The summed E-state index contributed by atoms with van der Waals surface area (Å²) in [6, 6.07) is 0. The Labute approximate surface area is 140 Å². The van der Waals surface area contributed by atoms with Gasteiger partial charge in [-0.3, -0.25) is 0 Å². The maximum Gasteiger partial charge on any atom is 0.111 e. The molecule has 0 spiro atoms. The van der Waals surface area contributed by atoms with E-state index in [4.69, 9.17) is 0 Å². The lowest BCUT2D eigenvalue weighted by Crippen LogP contribution is -1.96. The van der Waals surface area contributed by atoms with Crippen LogP contribution in [0, 0.1) is 0 Å². The van der Waals surface area contributed by atoms with Crippen LogP contribution >= 0.6 is 0 Å². The number of hydrogen-bond donors (Lipinski definition) is 1. The first-order chi connectivity index (χ1) is 10.9. The van der Waals surface area contributed by atoms with Gasteiger partial charge in [0.2, 0.25) is 0 Å². The van der Waals surface area contributed by atoms with E-state index in [1.807, 2.05) is 0 Å². The van der Waals surface area contributed by atoms with Crippen molar-refractivity contribution < 1.29 is 5.11 Å². The molecule has 0 bridgehead atoms. The van der Waals surface area contributed by atoms with E-state index in [2.05, 4.69) is 56.2 Å². The van der Waals surface area contributed by atoms with E-state index in [9.17, 15) is 5.11 Å². The van der Waals surface area contributed by atoms with Gasteiger partial charge < -0.3 is 5.11 Å². The van der Waals surface area contributed by atoms with E-state index in [-0.39, 0.29) is 0 Å². The quantitative estimate of drug-likeness (QED) is 0.669. The zero-order chi connectivity index (χ0) is 17.2. The van der Waals surface area contributed by atoms with E-state index in [1.165, 1.54) is 16.7 Å². The highest BCUT2D eigenvalue weighted by atomic mass is 16.3. The molecule has 1 rings (SSSR count). The highest BCUT2D eigenvalue weighted by Gasteiger charge is 2.05. The Morgan fingerprint density at radius 3 is 2.26 bits per heavy atom. The number of hydrogen-bond acceptors (Lipinski definition) is 3. The molecule has 4 heteroatoms. The van der Waals surface area contributed by atoms with Gasteiger partial charge in [-0.2, -0.15) is 0 Å². The Hall–Kier alpha value is -1.68. The van der Waals surface area contributed by atoms with Crippen LogP contribution in [0.25, 0.3) is 0 Å². The summed E-state index contributed by atoms with van der Waals surface area (Å²) in [6.45, 7) is 11.1. The zero-order valence-corrected chi connectivity index (χ0v) is 15.2. The molecule has 1 heterocycles. The van der Waals surface area contributed by atoms with Gasteiger partial charge >= 0.3 is 0 Å². The third kappa shape index (κ3) is 8.50. The van der Waals surface area contributed by atoms with Crippen molar-refractivity contribution in [2.24, 2.45) is 0 Å². The van der Waals surface area contributed by atoms with Gasteiger partial charge in [-0.15, -0.1) is 5.10 Å². The lowest BCUT2D eigenvalue weighted by molar-refractivity contribution is 0.194. The lowest BCUT2D eigenvalue weighted by Gasteiger charge is -2.02. The monoisotopic (exact) mass is 317 g/mol. The van der Waals surface area contributed by atoms with Gasteiger partial charge in [0.05, 0.1) is 18.8 Å². The molecular weight excluding hydrogens is 286 g/mol. The standard InChI is InChI=1S/C19H31N3O/c1-15(2)8-6-9-16(3)10-7-11-17(4)12-13-22-14-19(18(5)23)20-21-22/h8,10,12,14,18,23H,6-7,9,11,13H2,1-5H3/b16-10+,17-12-. The topological polar surface area (TPSA) is 50.9 Å². The van der Waals surface area contributed by atoms with Gasteiger partial charge in [-0.1, -0.05) is 40.2 Å². The summed E-state index contributed by atoms with van der Waals surface area (Å²) in [5.41, 5.74) is 4.83. The van der Waals surface area contributed by atoms with Crippen molar-refractivity contribution in [2.45, 2.75) is 73.0 Å². The first kappa shape index (κ1) is 19.4. The van der Waals surface area contributed by atoms with E-state index in [0.29, 0.717) is 12.2 Å². The van der Waals surface area contributed by atoms with E-state index < -0.39 is 6.10 Å². The summed E-state index contributed by atoms with van der Waals surface area (Å²) in [7, 11) is 0. The highest BCUT2D eigenvalue weighted by Crippen LogP contribution is 2.12.